The summed E-state index contributed by atoms with van der Waals surface area (Å²) in [4.78, 5) is 16.4. The second kappa shape index (κ2) is 4.01. The second-order valence-corrected chi connectivity index (χ2v) is 3.62. The number of aryl methyl sites for hydroxylation is 1. The first kappa shape index (κ1) is 11.3. The van der Waals surface area contributed by atoms with Crippen molar-refractivity contribution in [2.24, 2.45) is 0 Å². The van der Waals surface area contributed by atoms with Gasteiger partial charge in [0.25, 0.3) is 0 Å². The van der Waals surface area contributed by atoms with Gasteiger partial charge < -0.3 is 14.7 Å². The Hall–Kier alpha value is -2.17. The summed E-state index contributed by atoms with van der Waals surface area (Å²) in [5.41, 5.74) is 1.68. The summed E-state index contributed by atoms with van der Waals surface area (Å²) in [6, 6.07) is 5.04. The maximum atomic E-state index is 11.2. The minimum atomic E-state index is -0.963. The molecule has 5 heteroatoms. The van der Waals surface area contributed by atoms with Crippen molar-refractivity contribution in [2.45, 2.75) is 6.92 Å². The second-order valence-electron chi connectivity index (χ2n) is 3.62. The van der Waals surface area contributed by atoms with Crippen LogP contribution < -0.4 is 9.57 Å². The van der Waals surface area contributed by atoms with Crippen LogP contribution in [-0.2, 0) is 0 Å². The lowest BCUT2D eigenvalue weighted by atomic mass is 10.1. The van der Waals surface area contributed by atoms with Gasteiger partial charge in [0.1, 0.15) is 7.11 Å². The smallest absolute Gasteiger partial charge is 0.336 e. The average molecular weight is 235 g/mol. The van der Waals surface area contributed by atoms with Gasteiger partial charge in [0.05, 0.1) is 18.2 Å². The SMILES string of the molecule is COc1c(C)c2c(C(=O)O)cccc2n1OC. The van der Waals surface area contributed by atoms with Crippen LogP contribution in [0.2, 0.25) is 0 Å². The number of hydrogen-bond acceptors (Lipinski definition) is 3. The molecular formula is C12H13NO4. The molecule has 1 aromatic carbocycles. The Balaban J connectivity index is 2.92. The molecule has 1 aromatic heterocycles. The zero-order valence-corrected chi connectivity index (χ0v) is 9.85. The highest BCUT2D eigenvalue weighted by atomic mass is 16.7. The van der Waals surface area contributed by atoms with Gasteiger partial charge in [-0.2, -0.15) is 0 Å². The van der Waals surface area contributed by atoms with E-state index < -0.39 is 5.97 Å². The molecule has 17 heavy (non-hydrogen) atoms. The van der Waals surface area contributed by atoms with Crippen LogP contribution in [0.25, 0.3) is 10.9 Å². The molecule has 0 aliphatic heterocycles. The highest BCUT2D eigenvalue weighted by molar-refractivity contribution is 6.05. The van der Waals surface area contributed by atoms with Gasteiger partial charge in [-0.15, -0.1) is 4.73 Å². The third-order valence-electron chi connectivity index (χ3n) is 2.75. The zero-order chi connectivity index (χ0) is 12.6. The lowest BCUT2D eigenvalue weighted by molar-refractivity contribution is 0.0699. The fourth-order valence-corrected chi connectivity index (χ4v) is 2.07. The van der Waals surface area contributed by atoms with Gasteiger partial charge in [-0.3, -0.25) is 0 Å². The molecule has 0 aliphatic rings. The van der Waals surface area contributed by atoms with E-state index in [1.165, 1.54) is 19.0 Å². The molecule has 1 N–H and O–H groups in total. The van der Waals surface area contributed by atoms with E-state index in [0.29, 0.717) is 16.8 Å². The molecule has 0 fully saturated rings. The average Bonchev–Trinajstić information content (AvgIpc) is 2.61. The standard InChI is InChI=1S/C12H13NO4/c1-7-10-8(12(14)15)5-4-6-9(10)13(17-3)11(7)16-2/h4-6H,1-3H3,(H,14,15). The first-order valence-electron chi connectivity index (χ1n) is 5.07. The Kier molecular flexibility index (Phi) is 2.67. The fourth-order valence-electron chi connectivity index (χ4n) is 2.07. The van der Waals surface area contributed by atoms with E-state index in [1.54, 1.807) is 18.2 Å². The van der Waals surface area contributed by atoms with E-state index in [2.05, 4.69) is 0 Å². The first-order chi connectivity index (χ1) is 8.11. The zero-order valence-electron chi connectivity index (χ0n) is 9.85. The van der Waals surface area contributed by atoms with Crippen LogP contribution >= 0.6 is 0 Å². The normalized spacial score (nSPS) is 10.5. The van der Waals surface area contributed by atoms with E-state index >= 15 is 0 Å². The van der Waals surface area contributed by atoms with Gasteiger partial charge in [-0.05, 0) is 19.1 Å². The molecule has 0 bridgehead atoms. The van der Waals surface area contributed by atoms with Crippen molar-refractivity contribution >= 4 is 16.9 Å². The number of carbonyl (C=O) groups is 1. The predicted molar refractivity (Wildman–Crippen MR) is 62.7 cm³/mol. The van der Waals surface area contributed by atoms with Gasteiger partial charge in [0, 0.05) is 10.9 Å². The lowest BCUT2D eigenvalue weighted by Crippen LogP contribution is -2.07. The Bertz CT molecular complexity index is 586. The molecule has 0 unspecified atom stereocenters. The van der Waals surface area contributed by atoms with Crippen molar-refractivity contribution in [3.05, 3.63) is 29.3 Å². The van der Waals surface area contributed by atoms with Crippen molar-refractivity contribution < 1.29 is 19.5 Å². The summed E-state index contributed by atoms with van der Waals surface area (Å²) in [5, 5.41) is 9.80. The molecule has 0 atom stereocenters. The molecule has 2 aromatic rings. The minimum absolute atomic E-state index is 0.245. The molecule has 0 amide bonds. The van der Waals surface area contributed by atoms with E-state index in [4.69, 9.17) is 14.7 Å². The third kappa shape index (κ3) is 1.51. The topological polar surface area (TPSA) is 60.7 Å². The number of nitrogens with zero attached hydrogens (tertiary/aromatic N) is 1. The summed E-state index contributed by atoms with van der Waals surface area (Å²) < 4.78 is 6.72. The summed E-state index contributed by atoms with van der Waals surface area (Å²) in [5.74, 6) is -0.453. The monoisotopic (exact) mass is 235 g/mol. The van der Waals surface area contributed by atoms with Crippen LogP contribution in [-0.4, -0.2) is 30.0 Å². The Morgan fingerprint density at radius 1 is 1.35 bits per heavy atom. The minimum Gasteiger partial charge on any atom is -0.480 e. The summed E-state index contributed by atoms with van der Waals surface area (Å²) in [7, 11) is 3.03. The van der Waals surface area contributed by atoms with Crippen LogP contribution in [0.4, 0.5) is 0 Å². The molecular weight excluding hydrogens is 222 g/mol. The molecule has 90 valence electrons. The number of benzene rings is 1. The summed E-state index contributed by atoms with van der Waals surface area (Å²) >= 11 is 0. The highest BCUT2D eigenvalue weighted by Gasteiger charge is 2.20. The van der Waals surface area contributed by atoms with Crippen LogP contribution in [0.3, 0.4) is 0 Å². The molecule has 0 spiro atoms. The number of aromatic carboxylic acids is 1. The first-order valence-corrected chi connectivity index (χ1v) is 5.07. The Labute approximate surface area is 98.1 Å². The number of hydrogen-bond donors (Lipinski definition) is 1. The lowest BCUT2D eigenvalue weighted by Gasteiger charge is -2.06. The van der Waals surface area contributed by atoms with Crippen LogP contribution in [0.5, 0.6) is 5.88 Å². The Morgan fingerprint density at radius 3 is 2.59 bits per heavy atom. The maximum absolute atomic E-state index is 11.2. The summed E-state index contributed by atoms with van der Waals surface area (Å²) in [6.07, 6.45) is 0. The third-order valence-corrected chi connectivity index (χ3v) is 2.75. The molecule has 0 radical (unpaired) electrons. The molecule has 2 rings (SSSR count). The van der Waals surface area contributed by atoms with Gasteiger partial charge in [0.2, 0.25) is 5.88 Å². The van der Waals surface area contributed by atoms with E-state index in [-0.39, 0.29) is 5.56 Å². The van der Waals surface area contributed by atoms with E-state index in [9.17, 15) is 4.79 Å². The van der Waals surface area contributed by atoms with Crippen molar-refractivity contribution in [2.75, 3.05) is 14.2 Å². The maximum Gasteiger partial charge on any atom is 0.336 e. The molecule has 0 saturated heterocycles. The molecule has 0 saturated carbocycles. The number of methoxy groups -OCH3 is 1. The largest absolute Gasteiger partial charge is 0.480 e. The van der Waals surface area contributed by atoms with Gasteiger partial charge >= 0.3 is 5.97 Å². The quantitative estimate of drug-likeness (QED) is 0.879. The van der Waals surface area contributed by atoms with Crippen molar-refractivity contribution in [3.63, 3.8) is 0 Å². The van der Waals surface area contributed by atoms with Gasteiger partial charge in [-0.25, -0.2) is 4.79 Å². The number of ether oxygens (including phenoxy) is 1. The number of carboxylic acid groups (broad SMARTS) is 1. The predicted octanol–water partition coefficient (Wildman–Crippen LogP) is 1.71. The van der Waals surface area contributed by atoms with E-state index in [0.717, 1.165) is 5.56 Å². The molecule has 0 aliphatic carbocycles. The number of aromatic nitrogens is 1. The number of carboxylic acids is 1. The molecule has 5 nitrogen and oxygen atoms in total. The number of fused-ring (bicyclic) bond motifs is 1. The van der Waals surface area contributed by atoms with Crippen LogP contribution in [0.1, 0.15) is 15.9 Å². The van der Waals surface area contributed by atoms with E-state index in [1.807, 2.05) is 6.92 Å². The highest BCUT2D eigenvalue weighted by Crippen LogP contribution is 2.32. The summed E-state index contributed by atoms with van der Waals surface area (Å²) in [6.45, 7) is 1.81. The van der Waals surface area contributed by atoms with Crippen LogP contribution in [0.15, 0.2) is 18.2 Å². The molecule has 1 heterocycles. The van der Waals surface area contributed by atoms with Gasteiger partial charge in [-0.1, -0.05) is 6.07 Å². The van der Waals surface area contributed by atoms with Gasteiger partial charge in [0.15, 0.2) is 0 Å². The Morgan fingerprint density at radius 2 is 2.06 bits per heavy atom. The fraction of sp³-hybridized carbons (Fsp3) is 0.250. The van der Waals surface area contributed by atoms with Crippen molar-refractivity contribution in [1.82, 2.24) is 4.73 Å². The number of rotatable bonds is 3. The van der Waals surface area contributed by atoms with Crippen molar-refractivity contribution in [3.8, 4) is 5.88 Å². The van der Waals surface area contributed by atoms with Crippen molar-refractivity contribution in [1.29, 1.82) is 0 Å². The van der Waals surface area contributed by atoms with Crippen LogP contribution in [0, 0.1) is 6.92 Å².